The Morgan fingerprint density at radius 1 is 1.32 bits per heavy atom. The minimum Gasteiger partial charge on any atom is -0.371 e. The number of benzene rings is 1. The summed E-state index contributed by atoms with van der Waals surface area (Å²) in [7, 11) is 0. The van der Waals surface area contributed by atoms with Gasteiger partial charge in [-0.3, -0.25) is 10.1 Å². The van der Waals surface area contributed by atoms with Crippen LogP contribution in [0.3, 0.4) is 0 Å². The highest BCUT2D eigenvalue weighted by Crippen LogP contribution is 2.23. The van der Waals surface area contributed by atoms with Crippen molar-refractivity contribution in [1.82, 2.24) is 10.6 Å². The summed E-state index contributed by atoms with van der Waals surface area (Å²) in [6, 6.07) is 10.5. The van der Waals surface area contributed by atoms with Gasteiger partial charge in [-0.25, -0.2) is 0 Å². The molecule has 2 fully saturated rings. The van der Waals surface area contributed by atoms with Gasteiger partial charge in [-0.2, -0.15) is 0 Å². The Morgan fingerprint density at radius 3 is 2.77 bits per heavy atom. The predicted molar refractivity (Wildman–Crippen MR) is 98.5 cm³/mol. The second-order valence-electron chi connectivity index (χ2n) is 5.45. The molecule has 124 valence electrons. The van der Waals surface area contributed by atoms with Gasteiger partial charge in [0.05, 0.1) is 6.04 Å². The summed E-state index contributed by atoms with van der Waals surface area (Å²) in [6.07, 6.45) is 1.15. The van der Waals surface area contributed by atoms with Crippen LogP contribution in [0.1, 0.15) is 6.42 Å². The second-order valence-corrected chi connectivity index (χ2v) is 6.48. The minimum absolute atomic E-state index is 0. The normalized spacial score (nSPS) is 23.5. The lowest BCUT2D eigenvalue weighted by Gasteiger charge is -2.19. The smallest absolute Gasteiger partial charge is 0.238 e. The highest BCUT2D eigenvalue weighted by molar-refractivity contribution is 7.99. The lowest BCUT2D eigenvalue weighted by atomic mass is 10.1. The Morgan fingerprint density at radius 2 is 2.09 bits per heavy atom. The standard InChI is InChI=1S/C15H21N3OS.2ClH/c19-15(14-10-20-11-17-14)16-8-12-6-7-18(9-12)13-4-2-1-3-5-13;;/h1-5,12,14,17H,6-11H2,(H,16,19);2*1H. The second kappa shape index (κ2) is 9.50. The molecule has 1 aromatic carbocycles. The van der Waals surface area contributed by atoms with Crippen LogP contribution in [0.2, 0.25) is 0 Å². The quantitative estimate of drug-likeness (QED) is 0.859. The molecule has 0 bridgehead atoms. The molecule has 2 atom stereocenters. The van der Waals surface area contributed by atoms with Gasteiger partial charge in [-0.1, -0.05) is 18.2 Å². The molecule has 2 unspecified atom stereocenters. The molecule has 3 rings (SSSR count). The number of nitrogens with one attached hydrogen (secondary N) is 2. The number of amides is 1. The molecule has 4 nitrogen and oxygen atoms in total. The molecule has 1 amide bonds. The van der Waals surface area contributed by atoms with E-state index in [2.05, 4.69) is 39.8 Å². The zero-order valence-electron chi connectivity index (χ0n) is 12.4. The number of para-hydroxylation sites is 1. The molecule has 0 aliphatic carbocycles. The predicted octanol–water partition coefficient (Wildman–Crippen LogP) is 2.14. The fourth-order valence-electron chi connectivity index (χ4n) is 2.80. The third kappa shape index (κ3) is 4.95. The molecular weight excluding hydrogens is 341 g/mol. The maximum atomic E-state index is 12.0. The Balaban J connectivity index is 0.00000121. The van der Waals surface area contributed by atoms with E-state index in [1.54, 1.807) is 11.8 Å². The highest BCUT2D eigenvalue weighted by atomic mass is 35.5. The fourth-order valence-corrected chi connectivity index (χ4v) is 3.75. The van der Waals surface area contributed by atoms with Crippen molar-refractivity contribution in [1.29, 1.82) is 0 Å². The van der Waals surface area contributed by atoms with Crippen molar-refractivity contribution in [3.63, 3.8) is 0 Å². The number of rotatable bonds is 4. The van der Waals surface area contributed by atoms with E-state index >= 15 is 0 Å². The van der Waals surface area contributed by atoms with Crippen molar-refractivity contribution >= 4 is 48.2 Å². The minimum atomic E-state index is 0. The number of hydrogen-bond donors (Lipinski definition) is 2. The first-order valence-electron chi connectivity index (χ1n) is 7.22. The van der Waals surface area contributed by atoms with Crippen molar-refractivity contribution in [2.45, 2.75) is 12.5 Å². The molecule has 2 saturated heterocycles. The third-order valence-corrected chi connectivity index (χ3v) is 4.94. The molecule has 22 heavy (non-hydrogen) atoms. The molecule has 2 heterocycles. The zero-order chi connectivity index (χ0) is 13.8. The molecule has 0 spiro atoms. The molecule has 2 aliphatic heterocycles. The first-order valence-corrected chi connectivity index (χ1v) is 8.37. The van der Waals surface area contributed by atoms with Crippen LogP contribution in [-0.4, -0.2) is 43.2 Å². The van der Waals surface area contributed by atoms with Crippen molar-refractivity contribution in [3.8, 4) is 0 Å². The van der Waals surface area contributed by atoms with Crippen LogP contribution in [0.5, 0.6) is 0 Å². The molecule has 7 heteroatoms. The lowest BCUT2D eigenvalue weighted by Crippen LogP contribution is -2.43. The Labute approximate surface area is 148 Å². The molecule has 1 aromatic rings. The van der Waals surface area contributed by atoms with Crippen LogP contribution in [0.4, 0.5) is 5.69 Å². The van der Waals surface area contributed by atoms with E-state index < -0.39 is 0 Å². The van der Waals surface area contributed by atoms with Gasteiger partial charge in [0.15, 0.2) is 0 Å². The topological polar surface area (TPSA) is 44.4 Å². The van der Waals surface area contributed by atoms with Crippen LogP contribution >= 0.6 is 36.6 Å². The summed E-state index contributed by atoms with van der Waals surface area (Å²) in [5.41, 5.74) is 1.29. The van der Waals surface area contributed by atoms with E-state index in [4.69, 9.17) is 0 Å². The van der Waals surface area contributed by atoms with Gasteiger partial charge >= 0.3 is 0 Å². The fraction of sp³-hybridized carbons (Fsp3) is 0.533. The zero-order valence-corrected chi connectivity index (χ0v) is 14.8. The van der Waals surface area contributed by atoms with Gasteiger partial charge in [0.2, 0.25) is 5.91 Å². The van der Waals surface area contributed by atoms with E-state index in [-0.39, 0.29) is 36.8 Å². The summed E-state index contributed by atoms with van der Waals surface area (Å²) < 4.78 is 0. The van der Waals surface area contributed by atoms with E-state index in [1.165, 1.54) is 5.69 Å². The Bertz CT molecular complexity index is 457. The summed E-state index contributed by atoms with van der Waals surface area (Å²) in [4.78, 5) is 14.4. The van der Waals surface area contributed by atoms with Crippen LogP contribution < -0.4 is 15.5 Å². The molecule has 2 N–H and O–H groups in total. The van der Waals surface area contributed by atoms with Gasteiger partial charge in [-0.15, -0.1) is 36.6 Å². The molecule has 0 aromatic heterocycles. The Hall–Kier alpha value is -0.620. The average molecular weight is 364 g/mol. The monoisotopic (exact) mass is 363 g/mol. The van der Waals surface area contributed by atoms with E-state index in [0.29, 0.717) is 5.92 Å². The summed E-state index contributed by atoms with van der Waals surface area (Å²) in [5.74, 6) is 2.51. The van der Waals surface area contributed by atoms with E-state index in [0.717, 1.165) is 37.7 Å². The number of halogens is 2. The molecular formula is C15H23Cl2N3OS. The van der Waals surface area contributed by atoms with Gasteiger partial charge < -0.3 is 10.2 Å². The van der Waals surface area contributed by atoms with Gasteiger partial charge in [0, 0.05) is 37.0 Å². The van der Waals surface area contributed by atoms with E-state index in [1.807, 2.05) is 6.07 Å². The van der Waals surface area contributed by atoms with Crippen molar-refractivity contribution in [2.75, 3.05) is 36.2 Å². The van der Waals surface area contributed by atoms with Crippen LogP contribution in [-0.2, 0) is 4.79 Å². The third-order valence-electron chi connectivity index (χ3n) is 4.00. The molecule has 0 radical (unpaired) electrons. The maximum absolute atomic E-state index is 12.0. The van der Waals surface area contributed by atoms with Crippen molar-refractivity contribution in [2.24, 2.45) is 5.92 Å². The SMILES string of the molecule is Cl.Cl.O=C(NCC1CCN(c2ccccc2)C1)C1CSCN1. The number of anilines is 1. The number of carbonyl (C=O) groups is 1. The first-order chi connectivity index (χ1) is 9.83. The lowest BCUT2D eigenvalue weighted by molar-refractivity contribution is -0.122. The van der Waals surface area contributed by atoms with Crippen LogP contribution in [0, 0.1) is 5.92 Å². The number of carbonyl (C=O) groups excluding carboxylic acids is 1. The molecule has 0 saturated carbocycles. The Kier molecular flexibility index (Phi) is 8.39. The first kappa shape index (κ1) is 19.4. The summed E-state index contributed by atoms with van der Waals surface area (Å²) >= 11 is 1.79. The number of nitrogens with zero attached hydrogens (tertiary/aromatic N) is 1. The highest BCUT2D eigenvalue weighted by Gasteiger charge is 2.26. The number of hydrogen-bond acceptors (Lipinski definition) is 4. The summed E-state index contributed by atoms with van der Waals surface area (Å²) in [6.45, 7) is 2.92. The van der Waals surface area contributed by atoms with Gasteiger partial charge in [-0.05, 0) is 24.5 Å². The van der Waals surface area contributed by atoms with Crippen LogP contribution in [0.25, 0.3) is 0 Å². The van der Waals surface area contributed by atoms with E-state index in [9.17, 15) is 4.79 Å². The largest absolute Gasteiger partial charge is 0.371 e. The number of thioether (sulfide) groups is 1. The van der Waals surface area contributed by atoms with Crippen molar-refractivity contribution < 1.29 is 4.79 Å². The molecule has 2 aliphatic rings. The van der Waals surface area contributed by atoms with Gasteiger partial charge in [0.25, 0.3) is 0 Å². The average Bonchev–Trinajstić information content (AvgIpc) is 3.17. The van der Waals surface area contributed by atoms with Crippen molar-refractivity contribution in [3.05, 3.63) is 30.3 Å². The summed E-state index contributed by atoms with van der Waals surface area (Å²) in [5, 5.41) is 6.30. The van der Waals surface area contributed by atoms with Gasteiger partial charge in [0.1, 0.15) is 0 Å². The maximum Gasteiger partial charge on any atom is 0.238 e. The van der Waals surface area contributed by atoms with Crippen LogP contribution in [0.15, 0.2) is 30.3 Å².